The van der Waals surface area contributed by atoms with Gasteiger partial charge in [-0.25, -0.2) is 13.8 Å². The van der Waals surface area contributed by atoms with Crippen molar-refractivity contribution >= 4 is 29.3 Å². The summed E-state index contributed by atoms with van der Waals surface area (Å²) in [5, 5.41) is 6.00. The highest BCUT2D eigenvalue weighted by atomic mass is 32.2. The maximum absolute atomic E-state index is 13.9. The van der Waals surface area contributed by atoms with Crippen LogP contribution in [0.4, 0.5) is 14.5 Å². The van der Waals surface area contributed by atoms with Gasteiger partial charge in [0.05, 0.1) is 0 Å². The fourth-order valence-electron chi connectivity index (χ4n) is 2.85. The third kappa shape index (κ3) is 5.49. The van der Waals surface area contributed by atoms with Crippen LogP contribution < -0.4 is 10.6 Å². The maximum Gasteiger partial charge on any atom is 0.257 e. The van der Waals surface area contributed by atoms with Crippen molar-refractivity contribution in [2.45, 2.75) is 29.9 Å². The molecule has 0 aliphatic carbocycles. The molecule has 6 nitrogen and oxygen atoms in total. The van der Waals surface area contributed by atoms with Crippen molar-refractivity contribution < 1.29 is 18.4 Å². The summed E-state index contributed by atoms with van der Waals surface area (Å²) < 4.78 is 29.7. The van der Waals surface area contributed by atoms with E-state index in [0.29, 0.717) is 5.69 Å². The Morgan fingerprint density at radius 3 is 2.26 bits per heavy atom. The summed E-state index contributed by atoms with van der Waals surface area (Å²) >= 11 is 1.48. The Labute approximate surface area is 183 Å². The van der Waals surface area contributed by atoms with E-state index in [0.717, 1.165) is 22.2 Å². The minimum Gasteiger partial charge on any atom is -0.340 e. The number of carbonyl (C=O) groups is 2. The molecule has 0 aliphatic rings. The number of halogens is 2. The van der Waals surface area contributed by atoms with Crippen molar-refractivity contribution in [3.8, 4) is 0 Å². The first kappa shape index (κ1) is 22.5. The second kappa shape index (κ2) is 9.74. The lowest BCUT2D eigenvalue weighted by Gasteiger charge is -2.22. The molecule has 1 heterocycles. The predicted molar refractivity (Wildman–Crippen MR) is 115 cm³/mol. The first-order chi connectivity index (χ1) is 14.8. The number of nitrogens with zero attached hydrogens (tertiary/aromatic N) is 2. The third-order valence-electron chi connectivity index (χ3n) is 4.53. The van der Waals surface area contributed by atoms with E-state index in [-0.39, 0.29) is 5.92 Å². The molecule has 3 aromatic rings. The highest BCUT2D eigenvalue weighted by molar-refractivity contribution is 7.99. The van der Waals surface area contributed by atoms with Crippen molar-refractivity contribution in [2.75, 3.05) is 5.32 Å². The third-order valence-corrected chi connectivity index (χ3v) is 5.62. The molecule has 0 fully saturated rings. The molecular weight excluding hydrogens is 422 g/mol. The molecule has 3 rings (SSSR count). The number of nitrogens with one attached hydrogen (secondary N) is 2. The van der Waals surface area contributed by atoms with Gasteiger partial charge >= 0.3 is 0 Å². The molecule has 9 heteroatoms. The van der Waals surface area contributed by atoms with Crippen LogP contribution in [0.15, 0.2) is 64.9 Å². The van der Waals surface area contributed by atoms with Crippen LogP contribution >= 0.6 is 11.8 Å². The molecule has 1 aromatic heterocycles. The normalized spacial score (nSPS) is 11.9. The second-order valence-corrected chi connectivity index (χ2v) is 8.27. The van der Waals surface area contributed by atoms with Crippen LogP contribution in [0, 0.1) is 17.6 Å². The monoisotopic (exact) mass is 444 g/mol. The van der Waals surface area contributed by atoms with Crippen LogP contribution in [0.25, 0.3) is 0 Å². The van der Waals surface area contributed by atoms with Crippen LogP contribution in [-0.2, 0) is 11.8 Å². The number of rotatable bonds is 7. The fourth-order valence-corrected chi connectivity index (χ4v) is 3.65. The summed E-state index contributed by atoms with van der Waals surface area (Å²) in [6.45, 7) is 3.46. The molecule has 0 bridgehead atoms. The van der Waals surface area contributed by atoms with E-state index in [2.05, 4.69) is 15.6 Å². The largest absolute Gasteiger partial charge is 0.340 e. The second-order valence-electron chi connectivity index (χ2n) is 7.23. The predicted octanol–water partition coefficient (Wildman–Crippen LogP) is 4.24. The van der Waals surface area contributed by atoms with Crippen LogP contribution in [0.1, 0.15) is 24.2 Å². The standard InChI is InChI=1S/C22H22F2N4O2S/c1-13(2)19(27-20(29)18-16(23)5-4-6-17(18)24)21(30)26-14-7-9-15(10-8-14)31-22-25-11-12-28(22)3/h4-13,19H,1-3H3,(H,26,30)(H,27,29). The molecule has 31 heavy (non-hydrogen) atoms. The van der Waals surface area contributed by atoms with E-state index in [1.807, 2.05) is 29.9 Å². The number of aryl methyl sites for hydroxylation is 1. The summed E-state index contributed by atoms with van der Waals surface area (Å²) in [4.78, 5) is 30.3. The number of benzene rings is 2. The molecule has 0 radical (unpaired) electrons. The van der Waals surface area contributed by atoms with Gasteiger partial charge in [-0.1, -0.05) is 31.7 Å². The molecule has 0 saturated heterocycles. The maximum atomic E-state index is 13.9. The van der Waals surface area contributed by atoms with Gasteiger partial charge in [0, 0.05) is 30.0 Å². The molecule has 0 saturated carbocycles. The number of amides is 2. The molecule has 1 unspecified atom stereocenters. The van der Waals surface area contributed by atoms with E-state index in [1.165, 1.54) is 17.8 Å². The zero-order valence-electron chi connectivity index (χ0n) is 17.2. The molecular formula is C22H22F2N4O2S. The van der Waals surface area contributed by atoms with Crippen molar-refractivity contribution in [3.63, 3.8) is 0 Å². The highest BCUT2D eigenvalue weighted by Crippen LogP contribution is 2.27. The van der Waals surface area contributed by atoms with Gasteiger partial charge in [0.25, 0.3) is 5.91 Å². The van der Waals surface area contributed by atoms with Gasteiger partial charge in [0.15, 0.2) is 5.16 Å². The molecule has 0 aliphatic heterocycles. The van der Waals surface area contributed by atoms with E-state index >= 15 is 0 Å². The Bertz CT molecular complexity index is 1060. The van der Waals surface area contributed by atoms with Crippen molar-refractivity contribution in [1.82, 2.24) is 14.9 Å². The number of hydrogen-bond donors (Lipinski definition) is 2. The quantitative estimate of drug-likeness (QED) is 0.572. The first-order valence-corrected chi connectivity index (χ1v) is 10.4. The number of carbonyl (C=O) groups excluding carboxylic acids is 2. The Balaban J connectivity index is 1.68. The summed E-state index contributed by atoms with van der Waals surface area (Å²) in [6.07, 6.45) is 3.56. The zero-order valence-corrected chi connectivity index (χ0v) is 18.0. The molecule has 1 atom stereocenters. The van der Waals surface area contributed by atoms with Gasteiger partial charge in [-0.2, -0.15) is 0 Å². The average Bonchev–Trinajstić information content (AvgIpc) is 3.11. The average molecular weight is 445 g/mol. The minimum absolute atomic E-state index is 0.308. The summed E-state index contributed by atoms with van der Waals surface area (Å²) in [6, 6.07) is 9.33. The lowest BCUT2D eigenvalue weighted by Crippen LogP contribution is -2.47. The molecule has 2 aromatic carbocycles. The van der Waals surface area contributed by atoms with Gasteiger partial charge in [0.2, 0.25) is 5.91 Å². The van der Waals surface area contributed by atoms with Crippen LogP contribution in [0.3, 0.4) is 0 Å². The molecule has 0 spiro atoms. The van der Waals surface area contributed by atoms with Crippen LogP contribution in [0.5, 0.6) is 0 Å². The molecule has 162 valence electrons. The van der Waals surface area contributed by atoms with E-state index in [9.17, 15) is 18.4 Å². The number of anilines is 1. The van der Waals surface area contributed by atoms with Crippen molar-refractivity contribution in [3.05, 3.63) is 72.1 Å². The smallest absolute Gasteiger partial charge is 0.257 e. The number of hydrogen-bond acceptors (Lipinski definition) is 4. The van der Waals surface area contributed by atoms with Crippen molar-refractivity contribution in [2.24, 2.45) is 13.0 Å². The van der Waals surface area contributed by atoms with Gasteiger partial charge in [-0.05, 0) is 42.3 Å². The fraction of sp³-hybridized carbons (Fsp3) is 0.227. The first-order valence-electron chi connectivity index (χ1n) is 9.57. The molecule has 2 amide bonds. The number of imidazole rings is 1. The Morgan fingerprint density at radius 2 is 1.71 bits per heavy atom. The van der Waals surface area contributed by atoms with Gasteiger partial charge in [-0.15, -0.1) is 0 Å². The Morgan fingerprint density at radius 1 is 1.06 bits per heavy atom. The van der Waals surface area contributed by atoms with Crippen molar-refractivity contribution in [1.29, 1.82) is 0 Å². The van der Waals surface area contributed by atoms with Crippen LogP contribution in [0.2, 0.25) is 0 Å². The SMILES string of the molecule is CC(C)C(NC(=O)c1c(F)cccc1F)C(=O)Nc1ccc(Sc2nccn2C)cc1. The van der Waals surface area contributed by atoms with Gasteiger partial charge < -0.3 is 15.2 Å². The van der Waals surface area contributed by atoms with Crippen LogP contribution in [-0.4, -0.2) is 27.4 Å². The summed E-state index contributed by atoms with van der Waals surface area (Å²) in [5.74, 6) is -3.74. The topological polar surface area (TPSA) is 76.0 Å². The van der Waals surface area contributed by atoms with Gasteiger partial charge in [-0.3, -0.25) is 9.59 Å². The lowest BCUT2D eigenvalue weighted by atomic mass is 10.0. The highest BCUT2D eigenvalue weighted by Gasteiger charge is 2.27. The summed E-state index contributed by atoms with van der Waals surface area (Å²) in [5.41, 5.74) is -0.178. The summed E-state index contributed by atoms with van der Waals surface area (Å²) in [7, 11) is 1.90. The molecule has 2 N–H and O–H groups in total. The zero-order chi connectivity index (χ0) is 22.5. The minimum atomic E-state index is -0.985. The van der Waals surface area contributed by atoms with Gasteiger partial charge in [0.1, 0.15) is 23.2 Å². The van der Waals surface area contributed by atoms with E-state index in [4.69, 9.17) is 0 Å². The number of aromatic nitrogens is 2. The van der Waals surface area contributed by atoms with E-state index in [1.54, 1.807) is 32.2 Å². The lowest BCUT2D eigenvalue weighted by molar-refractivity contribution is -0.118. The Kier molecular flexibility index (Phi) is 7.06. The Hall–Kier alpha value is -3.20. The van der Waals surface area contributed by atoms with E-state index < -0.39 is 35.1 Å².